The monoisotopic (exact) mass is 222 g/mol. The van der Waals surface area contributed by atoms with Crippen molar-refractivity contribution < 1.29 is 9.47 Å². The maximum atomic E-state index is 5.80. The van der Waals surface area contributed by atoms with E-state index in [1.54, 1.807) is 25.4 Å². The quantitative estimate of drug-likeness (QED) is 0.849. The van der Waals surface area contributed by atoms with Gasteiger partial charge in [0.15, 0.2) is 0 Å². The summed E-state index contributed by atoms with van der Waals surface area (Å²) in [5, 5.41) is 0. The third-order valence-corrected chi connectivity index (χ3v) is 2.99. The lowest BCUT2D eigenvalue weighted by Crippen LogP contribution is -2.29. The molecule has 1 fully saturated rings. The molecule has 0 spiro atoms. The number of hydrogen-bond acceptors (Lipinski definition) is 4. The third-order valence-electron chi connectivity index (χ3n) is 2.99. The molecule has 1 aliphatic rings. The molecule has 0 aliphatic heterocycles. The fourth-order valence-electron chi connectivity index (χ4n) is 2.08. The maximum absolute atomic E-state index is 5.80. The fourth-order valence-corrected chi connectivity index (χ4v) is 2.08. The molecule has 0 amide bonds. The molecule has 1 aliphatic carbocycles. The summed E-state index contributed by atoms with van der Waals surface area (Å²) in [6.07, 6.45) is 6.41. The summed E-state index contributed by atoms with van der Waals surface area (Å²) in [6, 6.07) is 3.61. The van der Waals surface area contributed by atoms with Crippen LogP contribution in [-0.2, 0) is 4.74 Å². The Morgan fingerprint density at radius 2 is 2.19 bits per heavy atom. The first-order valence-corrected chi connectivity index (χ1v) is 5.69. The molecule has 0 saturated heterocycles. The number of nitrogens with zero attached hydrogens (tertiary/aromatic N) is 1. The van der Waals surface area contributed by atoms with Crippen molar-refractivity contribution in [1.29, 1.82) is 0 Å². The van der Waals surface area contributed by atoms with Gasteiger partial charge >= 0.3 is 0 Å². The molecular formula is C12H18N2O2. The predicted octanol–water partition coefficient (Wildman–Crippen LogP) is 2.00. The van der Waals surface area contributed by atoms with Gasteiger partial charge in [0.2, 0.25) is 5.88 Å². The van der Waals surface area contributed by atoms with Gasteiger partial charge in [-0.25, -0.2) is 4.98 Å². The summed E-state index contributed by atoms with van der Waals surface area (Å²) >= 11 is 0. The molecule has 88 valence electrons. The van der Waals surface area contributed by atoms with Crippen LogP contribution < -0.4 is 10.5 Å². The first-order chi connectivity index (χ1) is 7.79. The molecule has 0 radical (unpaired) electrons. The van der Waals surface area contributed by atoms with E-state index < -0.39 is 0 Å². The van der Waals surface area contributed by atoms with E-state index in [1.807, 2.05) is 0 Å². The SMILES string of the molecule is CO[C@@H]1CCC[C@H](Oc2ncccc2N)C1. The summed E-state index contributed by atoms with van der Waals surface area (Å²) in [7, 11) is 1.75. The molecule has 0 aromatic carbocycles. The van der Waals surface area contributed by atoms with E-state index >= 15 is 0 Å². The smallest absolute Gasteiger partial charge is 0.237 e. The van der Waals surface area contributed by atoms with Gasteiger partial charge in [0.05, 0.1) is 11.8 Å². The highest BCUT2D eigenvalue weighted by atomic mass is 16.5. The Bertz CT molecular complexity index is 344. The number of methoxy groups -OCH3 is 1. The minimum atomic E-state index is 0.177. The Balaban J connectivity index is 1.97. The molecule has 2 atom stereocenters. The summed E-state index contributed by atoms with van der Waals surface area (Å²) in [5.41, 5.74) is 6.39. The average Bonchev–Trinajstić information content (AvgIpc) is 2.32. The van der Waals surface area contributed by atoms with Gasteiger partial charge < -0.3 is 15.2 Å². The van der Waals surface area contributed by atoms with Crippen LogP contribution in [0.5, 0.6) is 5.88 Å². The van der Waals surface area contributed by atoms with Crippen LogP contribution in [0.4, 0.5) is 5.69 Å². The minimum absolute atomic E-state index is 0.177. The van der Waals surface area contributed by atoms with Gasteiger partial charge in [-0.05, 0) is 31.4 Å². The van der Waals surface area contributed by atoms with Gasteiger partial charge in [0.25, 0.3) is 0 Å². The molecular weight excluding hydrogens is 204 g/mol. The number of rotatable bonds is 3. The highest BCUT2D eigenvalue weighted by molar-refractivity contribution is 5.46. The van der Waals surface area contributed by atoms with E-state index in [0.29, 0.717) is 17.7 Å². The second-order valence-corrected chi connectivity index (χ2v) is 4.16. The number of nitrogens with two attached hydrogens (primary N) is 1. The highest BCUT2D eigenvalue weighted by Crippen LogP contribution is 2.26. The van der Waals surface area contributed by atoms with Crippen molar-refractivity contribution in [3.63, 3.8) is 0 Å². The predicted molar refractivity (Wildman–Crippen MR) is 62.3 cm³/mol. The molecule has 0 bridgehead atoms. The summed E-state index contributed by atoms with van der Waals surface area (Å²) in [6.45, 7) is 0. The van der Waals surface area contributed by atoms with Crippen LogP contribution in [0, 0.1) is 0 Å². The van der Waals surface area contributed by atoms with Crippen molar-refractivity contribution in [3.05, 3.63) is 18.3 Å². The summed E-state index contributed by atoms with van der Waals surface area (Å²) in [5.74, 6) is 0.546. The zero-order valence-corrected chi connectivity index (χ0v) is 9.56. The Morgan fingerprint density at radius 3 is 2.94 bits per heavy atom. The summed E-state index contributed by atoms with van der Waals surface area (Å²) < 4.78 is 11.2. The lowest BCUT2D eigenvalue weighted by molar-refractivity contribution is 0.0198. The molecule has 2 N–H and O–H groups in total. The molecule has 1 aromatic rings. The largest absolute Gasteiger partial charge is 0.473 e. The van der Waals surface area contributed by atoms with E-state index in [2.05, 4.69) is 4.98 Å². The summed E-state index contributed by atoms with van der Waals surface area (Å²) in [4.78, 5) is 4.14. The Labute approximate surface area is 95.8 Å². The lowest BCUT2D eigenvalue weighted by atomic mass is 9.95. The van der Waals surface area contributed by atoms with E-state index in [1.165, 1.54) is 0 Å². The van der Waals surface area contributed by atoms with E-state index in [4.69, 9.17) is 15.2 Å². The highest BCUT2D eigenvalue weighted by Gasteiger charge is 2.23. The van der Waals surface area contributed by atoms with Crippen LogP contribution in [0.15, 0.2) is 18.3 Å². The maximum Gasteiger partial charge on any atom is 0.237 e. The molecule has 2 rings (SSSR count). The number of hydrogen-bond donors (Lipinski definition) is 1. The second kappa shape index (κ2) is 5.16. The van der Waals surface area contributed by atoms with Crippen LogP contribution in [0.2, 0.25) is 0 Å². The van der Waals surface area contributed by atoms with Crippen molar-refractivity contribution in [1.82, 2.24) is 4.98 Å². The van der Waals surface area contributed by atoms with Crippen LogP contribution in [-0.4, -0.2) is 24.3 Å². The van der Waals surface area contributed by atoms with Crippen LogP contribution in [0.3, 0.4) is 0 Å². The molecule has 16 heavy (non-hydrogen) atoms. The normalized spacial score (nSPS) is 25.3. The van der Waals surface area contributed by atoms with Crippen molar-refractivity contribution in [2.24, 2.45) is 0 Å². The number of pyridine rings is 1. The van der Waals surface area contributed by atoms with Crippen molar-refractivity contribution in [2.45, 2.75) is 37.9 Å². The van der Waals surface area contributed by atoms with Crippen LogP contribution in [0.25, 0.3) is 0 Å². The first-order valence-electron chi connectivity index (χ1n) is 5.69. The zero-order valence-electron chi connectivity index (χ0n) is 9.56. The van der Waals surface area contributed by atoms with Gasteiger partial charge in [0, 0.05) is 19.7 Å². The van der Waals surface area contributed by atoms with Gasteiger partial charge in [0.1, 0.15) is 6.10 Å². The zero-order chi connectivity index (χ0) is 11.4. The second-order valence-electron chi connectivity index (χ2n) is 4.16. The van der Waals surface area contributed by atoms with Crippen molar-refractivity contribution in [3.8, 4) is 5.88 Å². The van der Waals surface area contributed by atoms with Gasteiger partial charge in [-0.15, -0.1) is 0 Å². The number of anilines is 1. The molecule has 0 unspecified atom stereocenters. The number of ether oxygens (including phenoxy) is 2. The topological polar surface area (TPSA) is 57.4 Å². The van der Waals surface area contributed by atoms with Gasteiger partial charge in [-0.2, -0.15) is 0 Å². The van der Waals surface area contributed by atoms with Crippen LogP contribution in [0.1, 0.15) is 25.7 Å². The Kier molecular flexibility index (Phi) is 3.62. The van der Waals surface area contributed by atoms with Gasteiger partial charge in [-0.1, -0.05) is 0 Å². The van der Waals surface area contributed by atoms with Crippen LogP contribution >= 0.6 is 0 Å². The molecule has 1 aromatic heterocycles. The van der Waals surface area contributed by atoms with Crippen molar-refractivity contribution >= 4 is 5.69 Å². The standard InChI is InChI=1S/C12H18N2O2/c1-15-9-4-2-5-10(8-9)16-12-11(13)6-3-7-14-12/h3,6-7,9-10H,2,4-5,8,13H2,1H3/t9-,10+/m1/s1. The van der Waals surface area contributed by atoms with E-state index in [9.17, 15) is 0 Å². The Morgan fingerprint density at radius 1 is 1.38 bits per heavy atom. The molecule has 4 nitrogen and oxygen atoms in total. The van der Waals surface area contributed by atoms with E-state index in [0.717, 1.165) is 25.7 Å². The number of nitrogen functional groups attached to an aromatic ring is 1. The van der Waals surface area contributed by atoms with E-state index in [-0.39, 0.29) is 6.10 Å². The number of aromatic nitrogens is 1. The Hall–Kier alpha value is -1.29. The third kappa shape index (κ3) is 2.64. The molecule has 1 saturated carbocycles. The van der Waals surface area contributed by atoms with Crippen molar-refractivity contribution in [2.75, 3.05) is 12.8 Å². The van der Waals surface area contributed by atoms with Gasteiger partial charge in [-0.3, -0.25) is 0 Å². The molecule has 1 heterocycles. The average molecular weight is 222 g/mol. The fraction of sp³-hybridized carbons (Fsp3) is 0.583. The minimum Gasteiger partial charge on any atom is -0.473 e. The molecule has 4 heteroatoms. The lowest BCUT2D eigenvalue weighted by Gasteiger charge is -2.28. The first kappa shape index (κ1) is 11.2.